The third kappa shape index (κ3) is 4.72. The fourth-order valence-corrected chi connectivity index (χ4v) is 2.31. The predicted octanol–water partition coefficient (Wildman–Crippen LogP) is 0.311. The van der Waals surface area contributed by atoms with E-state index >= 15 is 0 Å². The third-order valence-corrected chi connectivity index (χ3v) is 3.64. The highest BCUT2D eigenvalue weighted by atomic mass is 32.2. The number of likely N-dealkylation sites (N-methyl/N-ethyl adjacent to an activating group) is 1. The van der Waals surface area contributed by atoms with Gasteiger partial charge >= 0.3 is 0 Å². The molecule has 0 spiro atoms. The quantitative estimate of drug-likeness (QED) is 0.679. The Morgan fingerprint density at radius 2 is 2.25 bits per heavy atom. The first kappa shape index (κ1) is 13.8. The molecule has 1 unspecified atom stereocenters. The minimum Gasteiger partial charge on any atom is -0.388 e. The topological polar surface area (TPSA) is 52.6 Å². The van der Waals surface area contributed by atoms with E-state index in [-0.39, 0.29) is 5.91 Å². The molecule has 0 aliphatic heterocycles. The molecule has 1 saturated carbocycles. The van der Waals surface area contributed by atoms with Gasteiger partial charge in [0.05, 0.1) is 12.1 Å². The first-order chi connectivity index (χ1) is 7.46. The zero-order valence-electron chi connectivity index (χ0n) is 10.3. The maximum absolute atomic E-state index is 11.6. The second kappa shape index (κ2) is 5.89. The molecule has 0 radical (unpaired) electrons. The van der Waals surface area contributed by atoms with Crippen LogP contribution in [-0.4, -0.2) is 59.7 Å². The summed E-state index contributed by atoms with van der Waals surface area (Å²) in [6, 6.07) is 0.459. The van der Waals surface area contributed by atoms with Gasteiger partial charge in [-0.3, -0.25) is 4.79 Å². The Kier molecular flexibility index (Phi) is 5.08. The maximum atomic E-state index is 11.6. The van der Waals surface area contributed by atoms with Gasteiger partial charge in [0.1, 0.15) is 0 Å². The van der Waals surface area contributed by atoms with Crippen LogP contribution in [0.3, 0.4) is 0 Å². The van der Waals surface area contributed by atoms with Crippen molar-refractivity contribution in [2.24, 2.45) is 0 Å². The molecule has 1 aliphatic rings. The smallest absolute Gasteiger partial charge is 0.236 e. The van der Waals surface area contributed by atoms with Gasteiger partial charge in [-0.2, -0.15) is 11.8 Å². The molecular weight excluding hydrogens is 224 g/mol. The van der Waals surface area contributed by atoms with E-state index in [2.05, 4.69) is 5.32 Å². The Morgan fingerprint density at radius 3 is 2.75 bits per heavy atom. The Morgan fingerprint density at radius 1 is 1.62 bits per heavy atom. The summed E-state index contributed by atoms with van der Waals surface area (Å²) < 4.78 is 0. The van der Waals surface area contributed by atoms with Gasteiger partial charge < -0.3 is 15.3 Å². The average Bonchev–Trinajstić information content (AvgIpc) is 2.99. The lowest BCUT2D eigenvalue weighted by Crippen LogP contribution is -2.44. The number of hydrogen-bond acceptors (Lipinski definition) is 4. The van der Waals surface area contributed by atoms with Crippen molar-refractivity contribution in [3.63, 3.8) is 0 Å². The van der Waals surface area contributed by atoms with Crippen LogP contribution in [0.25, 0.3) is 0 Å². The van der Waals surface area contributed by atoms with Crippen LogP contribution in [0.15, 0.2) is 0 Å². The number of aliphatic hydroxyl groups is 1. The van der Waals surface area contributed by atoms with Crippen molar-refractivity contribution in [2.75, 3.05) is 32.1 Å². The van der Waals surface area contributed by atoms with E-state index in [4.69, 9.17) is 0 Å². The van der Waals surface area contributed by atoms with Crippen LogP contribution in [0.1, 0.15) is 19.8 Å². The van der Waals surface area contributed by atoms with Crippen LogP contribution in [0.2, 0.25) is 0 Å². The van der Waals surface area contributed by atoms with E-state index in [9.17, 15) is 9.90 Å². The molecule has 4 nitrogen and oxygen atoms in total. The van der Waals surface area contributed by atoms with E-state index in [1.54, 1.807) is 23.6 Å². The van der Waals surface area contributed by atoms with Crippen LogP contribution < -0.4 is 5.32 Å². The lowest BCUT2D eigenvalue weighted by atomic mass is 10.1. The largest absolute Gasteiger partial charge is 0.388 e. The number of carbonyl (C=O) groups is 1. The number of nitrogens with one attached hydrogen (secondary N) is 1. The van der Waals surface area contributed by atoms with Gasteiger partial charge in [0, 0.05) is 25.4 Å². The Balaban J connectivity index is 2.16. The van der Waals surface area contributed by atoms with E-state index in [1.807, 2.05) is 13.3 Å². The first-order valence-corrected chi connectivity index (χ1v) is 7.03. The molecular formula is C11H22N2O2S. The van der Waals surface area contributed by atoms with Gasteiger partial charge in [-0.1, -0.05) is 0 Å². The van der Waals surface area contributed by atoms with Crippen molar-refractivity contribution in [1.82, 2.24) is 10.2 Å². The monoisotopic (exact) mass is 246 g/mol. The summed E-state index contributed by atoms with van der Waals surface area (Å²) in [6.07, 6.45) is 4.22. The fourth-order valence-electron chi connectivity index (χ4n) is 1.59. The zero-order chi connectivity index (χ0) is 12.2. The molecule has 1 rings (SSSR count). The molecule has 2 N–H and O–H groups in total. The highest BCUT2D eigenvalue weighted by molar-refractivity contribution is 7.98. The van der Waals surface area contributed by atoms with Crippen LogP contribution >= 0.6 is 11.8 Å². The average molecular weight is 246 g/mol. The SMILES string of the molecule is CSCC(C)(O)CNCC(=O)N(C)C1CC1. The van der Waals surface area contributed by atoms with E-state index in [1.165, 1.54) is 0 Å². The minimum absolute atomic E-state index is 0.113. The highest BCUT2D eigenvalue weighted by Crippen LogP contribution is 2.25. The van der Waals surface area contributed by atoms with E-state index in [0.717, 1.165) is 12.8 Å². The van der Waals surface area contributed by atoms with Crippen molar-refractivity contribution in [2.45, 2.75) is 31.4 Å². The van der Waals surface area contributed by atoms with E-state index < -0.39 is 5.60 Å². The molecule has 1 fully saturated rings. The number of hydrogen-bond donors (Lipinski definition) is 2. The normalized spacial score (nSPS) is 19.2. The Hall–Kier alpha value is -0.260. The number of amides is 1. The van der Waals surface area contributed by atoms with Crippen LogP contribution in [0.4, 0.5) is 0 Å². The number of rotatable bonds is 7. The summed E-state index contributed by atoms with van der Waals surface area (Å²) in [5.41, 5.74) is -0.738. The van der Waals surface area contributed by atoms with Crippen LogP contribution in [0.5, 0.6) is 0 Å². The molecule has 0 heterocycles. The minimum atomic E-state index is -0.738. The van der Waals surface area contributed by atoms with Gasteiger partial charge in [-0.25, -0.2) is 0 Å². The maximum Gasteiger partial charge on any atom is 0.236 e. The molecule has 0 bridgehead atoms. The van der Waals surface area contributed by atoms with E-state index in [0.29, 0.717) is 24.9 Å². The van der Waals surface area contributed by atoms with Gasteiger partial charge in [-0.05, 0) is 26.0 Å². The first-order valence-electron chi connectivity index (χ1n) is 5.64. The van der Waals surface area contributed by atoms with Gasteiger partial charge in [0.2, 0.25) is 5.91 Å². The zero-order valence-corrected chi connectivity index (χ0v) is 11.1. The number of carbonyl (C=O) groups excluding carboxylic acids is 1. The molecule has 5 heteroatoms. The molecule has 1 amide bonds. The van der Waals surface area contributed by atoms with Gasteiger partial charge in [0.15, 0.2) is 0 Å². The Labute approximate surface area is 102 Å². The second-order valence-corrected chi connectivity index (χ2v) is 5.64. The number of thioether (sulfide) groups is 1. The summed E-state index contributed by atoms with van der Waals surface area (Å²) >= 11 is 1.60. The summed E-state index contributed by atoms with van der Waals surface area (Å²) in [7, 11) is 1.85. The fraction of sp³-hybridized carbons (Fsp3) is 0.909. The van der Waals surface area contributed by atoms with Crippen LogP contribution in [-0.2, 0) is 4.79 Å². The van der Waals surface area contributed by atoms with Crippen molar-refractivity contribution in [3.8, 4) is 0 Å². The second-order valence-electron chi connectivity index (χ2n) is 4.77. The van der Waals surface area contributed by atoms with Gasteiger partial charge in [0.25, 0.3) is 0 Å². The van der Waals surface area contributed by atoms with Crippen molar-refractivity contribution >= 4 is 17.7 Å². The third-order valence-electron chi connectivity index (χ3n) is 2.73. The predicted molar refractivity (Wildman–Crippen MR) is 67.7 cm³/mol. The summed E-state index contributed by atoms with van der Waals surface area (Å²) in [6.45, 7) is 2.56. The summed E-state index contributed by atoms with van der Waals surface area (Å²) in [5.74, 6) is 0.787. The summed E-state index contributed by atoms with van der Waals surface area (Å²) in [4.78, 5) is 13.4. The molecule has 16 heavy (non-hydrogen) atoms. The molecule has 94 valence electrons. The lowest BCUT2D eigenvalue weighted by Gasteiger charge is -2.23. The van der Waals surface area contributed by atoms with Gasteiger partial charge in [-0.15, -0.1) is 0 Å². The molecule has 0 saturated heterocycles. The van der Waals surface area contributed by atoms with Crippen molar-refractivity contribution < 1.29 is 9.90 Å². The highest BCUT2D eigenvalue weighted by Gasteiger charge is 2.29. The number of nitrogens with zero attached hydrogens (tertiary/aromatic N) is 1. The molecule has 0 aromatic rings. The van der Waals surface area contributed by atoms with Crippen molar-refractivity contribution in [1.29, 1.82) is 0 Å². The standard InChI is InChI=1S/C11H22N2O2S/c1-11(15,8-16-3)7-12-6-10(14)13(2)9-4-5-9/h9,12,15H,4-8H2,1-3H3. The Bertz CT molecular complexity index is 242. The molecule has 1 atom stereocenters. The lowest BCUT2D eigenvalue weighted by molar-refractivity contribution is -0.129. The molecule has 1 aliphatic carbocycles. The van der Waals surface area contributed by atoms with Crippen molar-refractivity contribution in [3.05, 3.63) is 0 Å². The molecule has 0 aromatic carbocycles. The molecule has 0 aromatic heterocycles. The van der Waals surface area contributed by atoms with Crippen LogP contribution in [0, 0.1) is 0 Å². The summed E-state index contributed by atoms with van der Waals surface area (Å²) in [5, 5.41) is 12.9.